The van der Waals surface area contributed by atoms with E-state index < -0.39 is 5.97 Å². The van der Waals surface area contributed by atoms with Crippen LogP contribution in [0.15, 0.2) is 35.5 Å². The number of carbonyl (C=O) groups excluding carboxylic acids is 1. The summed E-state index contributed by atoms with van der Waals surface area (Å²) < 4.78 is 5.27. The Morgan fingerprint density at radius 3 is 2.46 bits per heavy atom. The van der Waals surface area contributed by atoms with Gasteiger partial charge in [0.1, 0.15) is 11.4 Å². The van der Waals surface area contributed by atoms with E-state index in [1.807, 2.05) is 24.3 Å². The number of ether oxygens (including phenoxy) is 1. The summed E-state index contributed by atoms with van der Waals surface area (Å²) in [6.07, 6.45) is 0.122. The van der Waals surface area contributed by atoms with Crippen LogP contribution in [0.3, 0.4) is 0 Å². The number of carbonyl (C=O) groups is 2. The van der Waals surface area contributed by atoms with E-state index in [4.69, 9.17) is 17.0 Å². The number of likely N-dealkylation sites (N-methyl/N-ethyl adjacent to an activating group) is 1. The van der Waals surface area contributed by atoms with E-state index in [0.717, 1.165) is 16.2 Å². The van der Waals surface area contributed by atoms with Crippen molar-refractivity contribution in [2.75, 3.05) is 20.7 Å². The third-order valence-electron chi connectivity index (χ3n) is 3.64. The molecule has 3 N–H and O–H groups in total. The summed E-state index contributed by atoms with van der Waals surface area (Å²) >= 11 is 5.19. The number of allylic oxidation sites excluding steroid dienone is 1. The highest BCUT2D eigenvalue weighted by Gasteiger charge is 2.20. The second-order valence-corrected chi connectivity index (χ2v) is 6.19. The van der Waals surface area contributed by atoms with E-state index >= 15 is 0 Å². The van der Waals surface area contributed by atoms with Crippen molar-refractivity contribution < 1.29 is 19.4 Å². The Hall–Kier alpha value is -2.61. The van der Waals surface area contributed by atoms with E-state index in [2.05, 4.69) is 10.6 Å². The van der Waals surface area contributed by atoms with E-state index in [0.29, 0.717) is 23.8 Å². The number of hydrogen-bond acceptors (Lipinski definition) is 4. The van der Waals surface area contributed by atoms with Crippen LogP contribution < -0.4 is 15.4 Å². The predicted octanol–water partition coefficient (Wildman–Crippen LogP) is 1.89. The number of hydrogen-bond donors (Lipinski definition) is 3. The molecular weight excluding hydrogens is 354 g/mol. The molecule has 1 amide bonds. The fourth-order valence-electron chi connectivity index (χ4n) is 2.36. The zero-order valence-electron chi connectivity index (χ0n) is 15.5. The molecule has 0 aliphatic carbocycles. The first kappa shape index (κ1) is 21.4. The van der Waals surface area contributed by atoms with Crippen LogP contribution in [0, 0.1) is 0 Å². The number of para-hydroxylation sites is 1. The first-order chi connectivity index (χ1) is 12.3. The van der Waals surface area contributed by atoms with Gasteiger partial charge in [0.15, 0.2) is 5.11 Å². The molecule has 1 rings (SSSR count). The first-order valence-electron chi connectivity index (χ1n) is 8.08. The number of thiocarbonyl (C=S) groups is 1. The lowest BCUT2D eigenvalue weighted by Gasteiger charge is -2.19. The van der Waals surface area contributed by atoms with E-state index in [9.17, 15) is 14.7 Å². The lowest BCUT2D eigenvalue weighted by Crippen LogP contribution is -2.38. The molecule has 0 saturated carbocycles. The maximum atomic E-state index is 12.1. The second kappa shape index (κ2) is 10.4. The van der Waals surface area contributed by atoms with Crippen molar-refractivity contribution in [2.24, 2.45) is 0 Å². The van der Waals surface area contributed by atoms with Gasteiger partial charge in [-0.05, 0) is 37.7 Å². The minimum atomic E-state index is -1.12. The normalized spacial score (nSPS) is 9.85. The Labute approximate surface area is 159 Å². The summed E-state index contributed by atoms with van der Waals surface area (Å²) in [5, 5.41) is 15.6. The highest BCUT2D eigenvalue weighted by Crippen LogP contribution is 2.16. The van der Waals surface area contributed by atoms with Gasteiger partial charge in [0.25, 0.3) is 0 Å². The molecule has 7 nitrogen and oxygen atoms in total. The van der Waals surface area contributed by atoms with Crippen LogP contribution in [0.5, 0.6) is 5.75 Å². The van der Waals surface area contributed by atoms with Gasteiger partial charge in [0.05, 0.1) is 7.11 Å². The number of amides is 1. The van der Waals surface area contributed by atoms with Gasteiger partial charge in [0, 0.05) is 32.1 Å². The molecule has 0 radical (unpaired) electrons. The minimum Gasteiger partial charge on any atom is -0.496 e. The molecule has 0 aliphatic rings. The molecular formula is C18H25N3O4S. The SMILES string of the molecule is COc1ccccc1CNC(=S)NCCC(=O)N(C)C(C(=O)O)=C(C)C. The number of rotatable bonds is 8. The maximum absolute atomic E-state index is 12.1. The van der Waals surface area contributed by atoms with Crippen LogP contribution >= 0.6 is 12.2 Å². The second-order valence-electron chi connectivity index (χ2n) is 5.78. The molecule has 0 unspecified atom stereocenters. The highest BCUT2D eigenvalue weighted by atomic mass is 32.1. The van der Waals surface area contributed by atoms with Crippen molar-refractivity contribution in [3.63, 3.8) is 0 Å². The molecule has 1 aromatic carbocycles. The monoisotopic (exact) mass is 379 g/mol. The summed E-state index contributed by atoms with van der Waals surface area (Å²) in [5.41, 5.74) is 1.52. The van der Waals surface area contributed by atoms with Crippen molar-refractivity contribution in [1.29, 1.82) is 0 Å². The van der Waals surface area contributed by atoms with Crippen LogP contribution in [0.25, 0.3) is 0 Å². The number of benzene rings is 1. The minimum absolute atomic E-state index is 0.00752. The smallest absolute Gasteiger partial charge is 0.352 e. The summed E-state index contributed by atoms with van der Waals surface area (Å²) in [4.78, 5) is 24.5. The Morgan fingerprint density at radius 2 is 1.88 bits per heavy atom. The number of carboxylic acids is 1. The standard InChI is InChI=1S/C18H25N3O4S/c1-12(2)16(17(23)24)21(3)15(22)9-10-19-18(26)20-11-13-7-5-6-8-14(13)25-4/h5-8H,9-11H2,1-4H3,(H,23,24)(H2,19,20,26). The third kappa shape index (κ3) is 6.36. The van der Waals surface area contributed by atoms with Crippen LogP contribution in [0.4, 0.5) is 0 Å². The van der Waals surface area contributed by atoms with E-state index in [1.54, 1.807) is 21.0 Å². The van der Waals surface area contributed by atoms with E-state index in [-0.39, 0.29) is 18.0 Å². The Morgan fingerprint density at radius 1 is 1.23 bits per heavy atom. The first-order valence-corrected chi connectivity index (χ1v) is 8.49. The Kier molecular flexibility index (Phi) is 8.57. The van der Waals surface area contributed by atoms with Gasteiger partial charge in [0.2, 0.25) is 5.91 Å². The summed E-state index contributed by atoms with van der Waals surface area (Å²) in [5.74, 6) is -0.658. The molecule has 26 heavy (non-hydrogen) atoms. The van der Waals surface area contributed by atoms with Crippen molar-refractivity contribution in [1.82, 2.24) is 15.5 Å². The molecule has 142 valence electrons. The number of methoxy groups -OCH3 is 1. The molecule has 0 atom stereocenters. The highest BCUT2D eigenvalue weighted by molar-refractivity contribution is 7.80. The van der Waals surface area contributed by atoms with Crippen LogP contribution in [0.1, 0.15) is 25.8 Å². The molecule has 1 aromatic rings. The van der Waals surface area contributed by atoms with Gasteiger partial charge in [-0.1, -0.05) is 18.2 Å². The zero-order valence-corrected chi connectivity index (χ0v) is 16.3. The average Bonchev–Trinajstić information content (AvgIpc) is 2.59. The fraction of sp³-hybridized carbons (Fsp3) is 0.389. The van der Waals surface area contributed by atoms with Gasteiger partial charge < -0.3 is 25.4 Å². The number of aliphatic carboxylic acids is 1. The Bertz CT molecular complexity index is 699. The van der Waals surface area contributed by atoms with Crippen LogP contribution in [0.2, 0.25) is 0 Å². The summed E-state index contributed by atoms with van der Waals surface area (Å²) in [6, 6.07) is 7.59. The van der Waals surface area contributed by atoms with Crippen LogP contribution in [-0.4, -0.2) is 47.7 Å². The lowest BCUT2D eigenvalue weighted by atomic mass is 10.2. The molecule has 0 bridgehead atoms. The quantitative estimate of drug-likeness (QED) is 0.469. The molecule has 0 aliphatic heterocycles. The predicted molar refractivity (Wildman–Crippen MR) is 104 cm³/mol. The summed E-state index contributed by atoms with van der Waals surface area (Å²) in [6.45, 7) is 4.10. The molecule has 0 spiro atoms. The van der Waals surface area contributed by atoms with Crippen molar-refractivity contribution in [3.05, 3.63) is 41.1 Å². The molecule has 0 saturated heterocycles. The number of nitrogens with zero attached hydrogens (tertiary/aromatic N) is 1. The van der Waals surface area contributed by atoms with E-state index in [1.165, 1.54) is 7.05 Å². The van der Waals surface area contributed by atoms with Gasteiger partial charge in [-0.3, -0.25) is 4.79 Å². The van der Waals surface area contributed by atoms with Crippen molar-refractivity contribution in [3.8, 4) is 5.75 Å². The van der Waals surface area contributed by atoms with Gasteiger partial charge in [-0.15, -0.1) is 0 Å². The van der Waals surface area contributed by atoms with Crippen molar-refractivity contribution >= 4 is 29.2 Å². The largest absolute Gasteiger partial charge is 0.496 e. The number of carboxylic acid groups (broad SMARTS) is 1. The Balaban J connectivity index is 2.45. The molecule has 0 heterocycles. The lowest BCUT2D eigenvalue weighted by molar-refractivity contribution is -0.139. The van der Waals surface area contributed by atoms with Gasteiger partial charge in [-0.25, -0.2) is 4.79 Å². The average molecular weight is 379 g/mol. The van der Waals surface area contributed by atoms with Gasteiger partial charge >= 0.3 is 5.97 Å². The molecule has 0 fully saturated rings. The van der Waals surface area contributed by atoms with Crippen LogP contribution in [-0.2, 0) is 16.1 Å². The van der Waals surface area contributed by atoms with Crippen molar-refractivity contribution in [2.45, 2.75) is 26.8 Å². The number of nitrogens with one attached hydrogen (secondary N) is 2. The maximum Gasteiger partial charge on any atom is 0.352 e. The third-order valence-corrected chi connectivity index (χ3v) is 3.93. The summed E-state index contributed by atoms with van der Waals surface area (Å²) in [7, 11) is 3.06. The zero-order chi connectivity index (χ0) is 19.7. The molecule has 8 heteroatoms. The van der Waals surface area contributed by atoms with Gasteiger partial charge in [-0.2, -0.15) is 0 Å². The fourth-order valence-corrected chi connectivity index (χ4v) is 2.53. The molecule has 0 aromatic heterocycles. The topological polar surface area (TPSA) is 90.9 Å².